The van der Waals surface area contributed by atoms with Gasteiger partial charge >= 0.3 is 0 Å². The summed E-state index contributed by atoms with van der Waals surface area (Å²) in [5, 5.41) is 3.59. The van der Waals surface area contributed by atoms with E-state index in [0.29, 0.717) is 4.75 Å². The number of halogens is 2. The van der Waals surface area contributed by atoms with Gasteiger partial charge < -0.3 is 5.32 Å². The first-order chi connectivity index (χ1) is 8.15. The molecule has 1 heterocycles. The van der Waals surface area contributed by atoms with E-state index in [1.165, 1.54) is 30.6 Å². The molecule has 1 aliphatic rings. The van der Waals surface area contributed by atoms with Crippen LogP contribution in [0.3, 0.4) is 0 Å². The predicted octanol–water partition coefficient (Wildman–Crippen LogP) is 4.93. The fraction of sp³-hybridized carbons (Fsp3) is 0.667. The molecule has 1 aromatic rings. The van der Waals surface area contributed by atoms with E-state index in [1.54, 1.807) is 11.3 Å². The van der Waals surface area contributed by atoms with Crippen LogP contribution < -0.4 is 5.32 Å². The van der Waals surface area contributed by atoms with Gasteiger partial charge in [-0.15, -0.1) is 11.3 Å². The molecule has 1 N–H and O–H groups in total. The minimum atomic E-state index is 0.484. The number of rotatable bonds is 5. The molecule has 0 amide bonds. The van der Waals surface area contributed by atoms with Crippen molar-refractivity contribution in [3.8, 4) is 0 Å². The van der Waals surface area contributed by atoms with Gasteiger partial charge in [-0.2, -0.15) is 11.8 Å². The molecule has 5 heteroatoms. The Morgan fingerprint density at radius 3 is 2.76 bits per heavy atom. The SMILES string of the molecule is CSC1(CNCc2cc(Br)c(Cl)s2)CCCC1. The first-order valence-corrected chi connectivity index (χ1v) is 9.06. The van der Waals surface area contributed by atoms with Gasteiger partial charge in [0, 0.05) is 27.2 Å². The molecule has 0 unspecified atom stereocenters. The highest BCUT2D eigenvalue weighted by Crippen LogP contribution is 2.39. The van der Waals surface area contributed by atoms with Crippen LogP contribution in [0.15, 0.2) is 10.5 Å². The van der Waals surface area contributed by atoms with Crippen molar-refractivity contribution in [1.82, 2.24) is 5.32 Å². The molecule has 1 saturated carbocycles. The second-order valence-electron chi connectivity index (χ2n) is 4.53. The molecule has 0 bridgehead atoms. The molecule has 0 spiro atoms. The lowest BCUT2D eigenvalue weighted by molar-refractivity contribution is 0.535. The Kier molecular flexibility index (Phi) is 5.25. The topological polar surface area (TPSA) is 12.0 Å². The zero-order valence-corrected chi connectivity index (χ0v) is 13.9. The van der Waals surface area contributed by atoms with Crippen molar-refractivity contribution in [2.75, 3.05) is 12.8 Å². The molecule has 0 saturated heterocycles. The van der Waals surface area contributed by atoms with Crippen LogP contribution in [0.2, 0.25) is 4.34 Å². The highest BCUT2D eigenvalue weighted by atomic mass is 79.9. The lowest BCUT2D eigenvalue weighted by atomic mass is 10.1. The van der Waals surface area contributed by atoms with Gasteiger partial charge in [0.15, 0.2) is 0 Å². The van der Waals surface area contributed by atoms with Crippen molar-refractivity contribution in [3.05, 3.63) is 19.8 Å². The van der Waals surface area contributed by atoms with Crippen LogP contribution >= 0.6 is 50.6 Å². The summed E-state index contributed by atoms with van der Waals surface area (Å²) in [5.41, 5.74) is 0. The summed E-state index contributed by atoms with van der Waals surface area (Å²) in [4.78, 5) is 1.30. The minimum absolute atomic E-state index is 0.484. The second-order valence-corrected chi connectivity index (χ2v) is 8.40. The maximum atomic E-state index is 6.03. The number of hydrogen-bond donors (Lipinski definition) is 1. The first-order valence-electron chi connectivity index (χ1n) is 5.85. The van der Waals surface area contributed by atoms with E-state index in [0.717, 1.165) is 21.9 Å². The van der Waals surface area contributed by atoms with Gasteiger partial charge in [-0.25, -0.2) is 0 Å². The summed E-state index contributed by atoms with van der Waals surface area (Å²) < 4.78 is 2.35. The van der Waals surface area contributed by atoms with Crippen LogP contribution in [0, 0.1) is 0 Å². The zero-order valence-electron chi connectivity index (χ0n) is 9.89. The summed E-state index contributed by atoms with van der Waals surface area (Å²) in [6.07, 6.45) is 7.73. The highest BCUT2D eigenvalue weighted by Gasteiger charge is 2.32. The van der Waals surface area contributed by atoms with Crippen molar-refractivity contribution in [2.24, 2.45) is 0 Å². The maximum Gasteiger partial charge on any atom is 0.107 e. The van der Waals surface area contributed by atoms with E-state index in [-0.39, 0.29) is 0 Å². The fourth-order valence-corrected chi connectivity index (χ4v) is 5.07. The van der Waals surface area contributed by atoms with Gasteiger partial charge in [-0.3, -0.25) is 0 Å². The molecule has 0 atom stereocenters. The molecule has 2 rings (SSSR count). The molecule has 0 aliphatic heterocycles. The quantitative estimate of drug-likeness (QED) is 0.804. The largest absolute Gasteiger partial charge is 0.310 e. The highest BCUT2D eigenvalue weighted by molar-refractivity contribution is 9.10. The predicted molar refractivity (Wildman–Crippen MR) is 83.4 cm³/mol. The van der Waals surface area contributed by atoms with Crippen LogP contribution in [0.25, 0.3) is 0 Å². The summed E-state index contributed by atoms with van der Waals surface area (Å²) >= 11 is 13.2. The molecule has 1 aliphatic carbocycles. The van der Waals surface area contributed by atoms with Crippen molar-refractivity contribution in [1.29, 1.82) is 0 Å². The Bertz CT molecular complexity index is 355. The van der Waals surface area contributed by atoms with Gasteiger partial charge in [0.25, 0.3) is 0 Å². The summed E-state index contributed by atoms with van der Waals surface area (Å²) in [5.74, 6) is 0. The van der Waals surface area contributed by atoms with Crippen LogP contribution in [-0.4, -0.2) is 17.5 Å². The van der Waals surface area contributed by atoms with E-state index in [4.69, 9.17) is 11.6 Å². The molecule has 0 radical (unpaired) electrons. The van der Waals surface area contributed by atoms with Crippen molar-refractivity contribution >= 4 is 50.6 Å². The van der Waals surface area contributed by atoms with Crippen LogP contribution in [0.1, 0.15) is 30.6 Å². The van der Waals surface area contributed by atoms with E-state index in [1.807, 2.05) is 11.8 Å². The molecule has 0 aromatic carbocycles. The Balaban J connectivity index is 1.82. The van der Waals surface area contributed by atoms with Crippen LogP contribution in [0.5, 0.6) is 0 Å². The van der Waals surface area contributed by atoms with E-state index < -0.39 is 0 Å². The van der Waals surface area contributed by atoms with Crippen LogP contribution in [-0.2, 0) is 6.54 Å². The zero-order chi connectivity index (χ0) is 12.3. The van der Waals surface area contributed by atoms with Gasteiger partial charge in [0.1, 0.15) is 4.34 Å². The monoisotopic (exact) mass is 353 g/mol. The summed E-state index contributed by atoms with van der Waals surface area (Å²) in [6, 6.07) is 2.11. The molecule has 1 fully saturated rings. The number of thiophene rings is 1. The lowest BCUT2D eigenvalue weighted by Crippen LogP contribution is -2.34. The van der Waals surface area contributed by atoms with E-state index >= 15 is 0 Å². The molecule has 17 heavy (non-hydrogen) atoms. The first kappa shape index (κ1) is 14.2. The van der Waals surface area contributed by atoms with Gasteiger partial charge in [-0.05, 0) is 41.1 Å². The third-order valence-electron chi connectivity index (χ3n) is 3.39. The molecular weight excluding hydrogens is 338 g/mol. The average molecular weight is 355 g/mol. The second kappa shape index (κ2) is 6.29. The van der Waals surface area contributed by atoms with E-state index in [9.17, 15) is 0 Å². The number of nitrogens with one attached hydrogen (secondary N) is 1. The van der Waals surface area contributed by atoms with Gasteiger partial charge in [0.05, 0.1) is 0 Å². The number of thioether (sulfide) groups is 1. The smallest absolute Gasteiger partial charge is 0.107 e. The summed E-state index contributed by atoms with van der Waals surface area (Å²) in [6.45, 7) is 2.04. The molecule has 96 valence electrons. The maximum absolute atomic E-state index is 6.03. The molecule has 1 nitrogen and oxygen atoms in total. The Hall–Kier alpha value is 0.780. The Labute approximate surface area is 125 Å². The number of hydrogen-bond acceptors (Lipinski definition) is 3. The fourth-order valence-electron chi connectivity index (χ4n) is 2.36. The lowest BCUT2D eigenvalue weighted by Gasteiger charge is -2.26. The average Bonchev–Trinajstić information content (AvgIpc) is 2.89. The molecule has 1 aromatic heterocycles. The standard InChI is InChI=1S/C12H17BrClNS2/c1-16-12(4-2-3-5-12)8-15-7-9-6-10(13)11(14)17-9/h6,15H,2-5,7-8H2,1H3. The third kappa shape index (κ3) is 3.63. The minimum Gasteiger partial charge on any atom is -0.310 e. The third-order valence-corrected chi connectivity index (χ3v) is 7.28. The van der Waals surface area contributed by atoms with Gasteiger partial charge in [-0.1, -0.05) is 24.4 Å². The Morgan fingerprint density at radius 1 is 1.53 bits per heavy atom. The summed E-state index contributed by atoms with van der Waals surface area (Å²) in [7, 11) is 0. The van der Waals surface area contributed by atoms with Gasteiger partial charge in [0.2, 0.25) is 0 Å². The van der Waals surface area contributed by atoms with Crippen molar-refractivity contribution in [2.45, 2.75) is 37.0 Å². The van der Waals surface area contributed by atoms with Crippen molar-refractivity contribution in [3.63, 3.8) is 0 Å². The van der Waals surface area contributed by atoms with E-state index in [2.05, 4.69) is 33.6 Å². The van der Waals surface area contributed by atoms with Crippen LogP contribution in [0.4, 0.5) is 0 Å². The molecular formula is C12H17BrClNS2. The van der Waals surface area contributed by atoms with Crippen molar-refractivity contribution < 1.29 is 0 Å². The normalized spacial score (nSPS) is 18.8. The Morgan fingerprint density at radius 2 is 2.24 bits per heavy atom.